The Balaban J connectivity index is 1.84. The lowest BCUT2D eigenvalue weighted by Crippen LogP contribution is -2.19. The second kappa shape index (κ2) is 6.71. The summed E-state index contributed by atoms with van der Waals surface area (Å²) in [6, 6.07) is 12.9. The van der Waals surface area contributed by atoms with Crippen molar-refractivity contribution in [3.05, 3.63) is 75.3 Å². The number of nitrogens with zero attached hydrogens (tertiary/aromatic N) is 3. The van der Waals surface area contributed by atoms with Gasteiger partial charge in [-0.3, -0.25) is 9.89 Å². The molecule has 3 heterocycles. The summed E-state index contributed by atoms with van der Waals surface area (Å²) < 4.78 is 47.8. The van der Waals surface area contributed by atoms with Gasteiger partial charge in [0.15, 0.2) is 11.2 Å². The quantitative estimate of drug-likeness (QED) is 0.391. The fraction of sp³-hybridized carbons (Fsp3) is 0.0952. The van der Waals surface area contributed by atoms with Crippen LogP contribution in [-0.2, 0) is 6.18 Å². The van der Waals surface area contributed by atoms with E-state index in [9.17, 15) is 18.0 Å². The minimum absolute atomic E-state index is 0.0562. The van der Waals surface area contributed by atoms with Crippen LogP contribution in [0.3, 0.4) is 0 Å². The minimum Gasteiger partial charge on any atom is -0.436 e. The number of aromatic nitrogens is 4. The number of rotatable bonds is 2. The molecule has 0 fully saturated rings. The molecule has 2 aromatic carbocycles. The molecule has 3 aromatic heterocycles. The van der Waals surface area contributed by atoms with Gasteiger partial charge in [-0.05, 0) is 24.6 Å². The third-order valence-electron chi connectivity index (χ3n) is 4.89. The molecule has 0 amide bonds. The van der Waals surface area contributed by atoms with Gasteiger partial charge in [-0.2, -0.15) is 17.7 Å². The van der Waals surface area contributed by atoms with Crippen molar-refractivity contribution in [2.24, 2.45) is 0 Å². The average molecular weight is 445 g/mol. The third kappa shape index (κ3) is 3.00. The van der Waals surface area contributed by atoms with Crippen LogP contribution in [0.1, 0.15) is 11.4 Å². The highest BCUT2D eigenvalue weighted by Gasteiger charge is 2.38. The predicted octanol–water partition coefficient (Wildman–Crippen LogP) is 5.48. The minimum atomic E-state index is -4.73. The van der Waals surface area contributed by atoms with E-state index in [-0.39, 0.29) is 33.9 Å². The molecule has 0 aliphatic heterocycles. The summed E-state index contributed by atoms with van der Waals surface area (Å²) in [6.45, 7) is 1.52. The monoisotopic (exact) mass is 444 g/mol. The molecule has 156 valence electrons. The van der Waals surface area contributed by atoms with E-state index >= 15 is 0 Å². The summed E-state index contributed by atoms with van der Waals surface area (Å²) >= 11 is 6.12. The summed E-state index contributed by atoms with van der Waals surface area (Å²) in [5.41, 5.74) is -1.09. The van der Waals surface area contributed by atoms with Crippen molar-refractivity contribution in [1.29, 1.82) is 0 Å². The molecular formula is C21H12ClF3N4O2. The van der Waals surface area contributed by atoms with Crippen LogP contribution in [0.4, 0.5) is 13.2 Å². The molecule has 0 radical (unpaired) electrons. The smallest absolute Gasteiger partial charge is 0.433 e. The van der Waals surface area contributed by atoms with Crippen LogP contribution in [0.5, 0.6) is 0 Å². The van der Waals surface area contributed by atoms with Crippen molar-refractivity contribution in [1.82, 2.24) is 19.6 Å². The zero-order valence-electron chi connectivity index (χ0n) is 15.8. The van der Waals surface area contributed by atoms with Crippen molar-refractivity contribution < 1.29 is 17.6 Å². The molecule has 5 rings (SSSR count). The maximum absolute atomic E-state index is 13.8. The van der Waals surface area contributed by atoms with Crippen LogP contribution in [0.15, 0.2) is 57.7 Å². The van der Waals surface area contributed by atoms with Crippen LogP contribution >= 0.6 is 11.6 Å². The SMILES string of the molecule is Cc1nc2c(-c3ccccc3)c(C(F)(F)F)[nH]n2c(=O)c1-c1nc2c(Cl)cccc2o1. The standard InChI is InChI=1S/C21H12ClF3N4O2/c1-10-14(19-27-16-12(22)8-5-9-13(16)31-19)20(30)29-18(26-10)15(11-6-3-2-4-7-11)17(28-29)21(23,24)25/h2-9,28H,1H3. The highest BCUT2D eigenvalue weighted by molar-refractivity contribution is 6.34. The average Bonchev–Trinajstić information content (AvgIpc) is 3.31. The van der Waals surface area contributed by atoms with Crippen LogP contribution in [-0.4, -0.2) is 19.6 Å². The lowest BCUT2D eigenvalue weighted by molar-refractivity contribution is -0.140. The topological polar surface area (TPSA) is 76.2 Å². The van der Waals surface area contributed by atoms with E-state index in [0.29, 0.717) is 16.1 Å². The Morgan fingerprint density at radius 2 is 1.77 bits per heavy atom. The summed E-state index contributed by atoms with van der Waals surface area (Å²) in [5.74, 6) is -0.0723. The van der Waals surface area contributed by atoms with Gasteiger partial charge >= 0.3 is 6.18 Å². The second-order valence-electron chi connectivity index (χ2n) is 6.87. The molecule has 5 aromatic rings. The Bertz CT molecular complexity index is 1520. The number of halogens is 4. The first kappa shape index (κ1) is 19.4. The highest BCUT2D eigenvalue weighted by atomic mass is 35.5. The summed E-state index contributed by atoms with van der Waals surface area (Å²) in [6.07, 6.45) is -4.73. The maximum atomic E-state index is 13.8. The lowest BCUT2D eigenvalue weighted by atomic mass is 10.1. The largest absolute Gasteiger partial charge is 0.436 e. The number of benzene rings is 2. The van der Waals surface area contributed by atoms with E-state index in [1.165, 1.54) is 19.1 Å². The molecule has 6 nitrogen and oxygen atoms in total. The molecule has 0 aliphatic rings. The number of hydrogen-bond acceptors (Lipinski definition) is 4. The number of aromatic amines is 1. The van der Waals surface area contributed by atoms with Crippen molar-refractivity contribution in [2.45, 2.75) is 13.1 Å². The fourth-order valence-corrected chi connectivity index (χ4v) is 3.74. The second-order valence-corrected chi connectivity index (χ2v) is 7.27. The Kier molecular flexibility index (Phi) is 4.19. The van der Waals surface area contributed by atoms with Gasteiger partial charge in [0.05, 0.1) is 16.3 Å². The Morgan fingerprint density at radius 1 is 1.03 bits per heavy atom. The maximum Gasteiger partial charge on any atom is 0.433 e. The number of alkyl halides is 3. The van der Waals surface area contributed by atoms with E-state index in [4.69, 9.17) is 16.0 Å². The molecule has 31 heavy (non-hydrogen) atoms. The number of nitrogens with one attached hydrogen (secondary N) is 1. The van der Waals surface area contributed by atoms with Crippen LogP contribution in [0.2, 0.25) is 5.02 Å². The van der Waals surface area contributed by atoms with Gasteiger partial charge in [0, 0.05) is 0 Å². The molecular weight excluding hydrogens is 433 g/mol. The predicted molar refractivity (Wildman–Crippen MR) is 109 cm³/mol. The molecule has 0 saturated carbocycles. The Hall–Kier alpha value is -3.59. The van der Waals surface area contributed by atoms with Crippen LogP contribution in [0.25, 0.3) is 39.3 Å². The van der Waals surface area contributed by atoms with Crippen LogP contribution in [0, 0.1) is 6.92 Å². The molecule has 0 saturated heterocycles. The van der Waals surface area contributed by atoms with Gasteiger partial charge < -0.3 is 4.42 Å². The fourth-order valence-electron chi connectivity index (χ4n) is 3.53. The Morgan fingerprint density at radius 3 is 2.45 bits per heavy atom. The number of fused-ring (bicyclic) bond motifs is 2. The normalized spacial score (nSPS) is 12.2. The lowest BCUT2D eigenvalue weighted by Gasteiger charge is -2.07. The summed E-state index contributed by atoms with van der Waals surface area (Å²) in [4.78, 5) is 21.8. The van der Waals surface area contributed by atoms with Gasteiger partial charge in [-0.15, -0.1) is 0 Å². The first-order chi connectivity index (χ1) is 14.8. The van der Waals surface area contributed by atoms with Crippen molar-refractivity contribution in [2.75, 3.05) is 0 Å². The number of hydrogen-bond donors (Lipinski definition) is 1. The molecule has 1 N–H and O–H groups in total. The summed E-state index contributed by atoms with van der Waals surface area (Å²) in [7, 11) is 0. The molecule has 0 bridgehead atoms. The number of oxazole rings is 1. The zero-order valence-corrected chi connectivity index (χ0v) is 16.5. The molecule has 0 spiro atoms. The van der Waals surface area contributed by atoms with Crippen molar-refractivity contribution in [3.63, 3.8) is 0 Å². The Labute approximate surface area is 176 Å². The molecule has 10 heteroatoms. The van der Waals surface area contributed by atoms with Gasteiger partial charge in [-0.1, -0.05) is 48.0 Å². The number of aryl methyl sites for hydroxylation is 1. The van der Waals surface area contributed by atoms with E-state index in [1.54, 1.807) is 36.4 Å². The first-order valence-corrected chi connectivity index (χ1v) is 9.47. The molecule has 0 atom stereocenters. The van der Waals surface area contributed by atoms with Crippen molar-refractivity contribution in [3.8, 4) is 22.6 Å². The number of para-hydroxylation sites is 1. The highest BCUT2D eigenvalue weighted by Crippen LogP contribution is 2.38. The van der Waals surface area contributed by atoms with Gasteiger partial charge in [0.2, 0.25) is 5.89 Å². The van der Waals surface area contributed by atoms with E-state index < -0.39 is 17.4 Å². The summed E-state index contributed by atoms with van der Waals surface area (Å²) in [5, 5.41) is 2.50. The van der Waals surface area contributed by atoms with E-state index in [2.05, 4.69) is 15.1 Å². The number of H-pyrrole nitrogens is 1. The van der Waals surface area contributed by atoms with E-state index in [0.717, 1.165) is 4.52 Å². The van der Waals surface area contributed by atoms with Crippen molar-refractivity contribution >= 4 is 28.3 Å². The third-order valence-corrected chi connectivity index (χ3v) is 5.20. The molecule has 0 aliphatic carbocycles. The zero-order chi connectivity index (χ0) is 21.9. The van der Waals surface area contributed by atoms with Gasteiger partial charge in [0.1, 0.15) is 16.8 Å². The van der Waals surface area contributed by atoms with Crippen LogP contribution < -0.4 is 5.56 Å². The van der Waals surface area contributed by atoms with Gasteiger partial charge in [-0.25, -0.2) is 9.97 Å². The van der Waals surface area contributed by atoms with Gasteiger partial charge in [0.25, 0.3) is 5.56 Å². The van der Waals surface area contributed by atoms with E-state index in [1.807, 2.05) is 0 Å². The first-order valence-electron chi connectivity index (χ1n) is 9.09. The molecule has 0 unspecified atom stereocenters.